The topological polar surface area (TPSA) is 46.3 Å². The fourth-order valence-corrected chi connectivity index (χ4v) is 4.16. The van der Waals surface area contributed by atoms with Crippen LogP contribution < -0.4 is 10.3 Å². The summed E-state index contributed by atoms with van der Waals surface area (Å²) in [6, 6.07) is 9.73. The number of nitrogens with zero attached hydrogens (tertiary/aromatic N) is 1. The molecule has 0 heterocycles. The van der Waals surface area contributed by atoms with Gasteiger partial charge in [0.25, 0.3) is 0 Å². The van der Waals surface area contributed by atoms with Crippen LogP contribution in [0.1, 0.15) is 91.4 Å². The number of urea groups is 1. The Morgan fingerprint density at radius 3 is 2.13 bits per heavy atom. The lowest BCUT2D eigenvalue weighted by Gasteiger charge is -2.17. The van der Waals surface area contributed by atoms with E-state index in [0.717, 1.165) is 49.0 Å². The van der Waals surface area contributed by atoms with Gasteiger partial charge in [0.15, 0.2) is 0 Å². The molecular weight excluding hydrogens is 390 g/mol. The second-order valence-electron chi connectivity index (χ2n) is 7.86. The molecule has 2 amide bonds. The van der Waals surface area contributed by atoms with Crippen LogP contribution >= 0.6 is 11.8 Å². The summed E-state index contributed by atoms with van der Waals surface area (Å²) in [5, 5.41) is 4.09. The summed E-state index contributed by atoms with van der Waals surface area (Å²) in [5.74, 6) is 1.02. The maximum Gasteiger partial charge on any atom is 0.413 e. The second kappa shape index (κ2) is 18.3. The number of hydrogen-bond acceptors (Lipinski definition) is 2. The van der Waals surface area contributed by atoms with Crippen LogP contribution in [-0.4, -0.2) is 34.9 Å². The quantitative estimate of drug-likeness (QED) is 0.201. The number of rotatable bonds is 15. The number of para-hydroxylation sites is 1. The summed E-state index contributed by atoms with van der Waals surface area (Å²) >= 11 is 1.78. The maximum absolute atomic E-state index is 13.2. The summed E-state index contributed by atoms with van der Waals surface area (Å²) in [7, 11) is 0. The predicted octanol–water partition coefficient (Wildman–Crippen LogP) is 6.04. The molecule has 0 saturated heterocycles. The predicted molar refractivity (Wildman–Crippen MR) is 133 cm³/mol. The zero-order chi connectivity index (χ0) is 21.9. The molecule has 0 saturated carbocycles. The molecule has 5 heteroatoms. The SMILES string of the molecule is CCCCCCC[NH+]=C(SCCC)N(CCCCCCC)C(=O)Nc1ccccc1. The van der Waals surface area contributed by atoms with E-state index in [9.17, 15) is 4.79 Å². The van der Waals surface area contributed by atoms with Crippen molar-refractivity contribution in [1.29, 1.82) is 0 Å². The minimum absolute atomic E-state index is 0.0335. The molecule has 0 aliphatic rings. The van der Waals surface area contributed by atoms with Crippen molar-refractivity contribution in [1.82, 2.24) is 4.90 Å². The molecule has 2 N–H and O–H groups in total. The van der Waals surface area contributed by atoms with E-state index in [0.29, 0.717) is 0 Å². The van der Waals surface area contributed by atoms with Crippen molar-refractivity contribution >= 4 is 28.6 Å². The third kappa shape index (κ3) is 12.3. The van der Waals surface area contributed by atoms with E-state index in [1.54, 1.807) is 11.8 Å². The zero-order valence-corrected chi connectivity index (χ0v) is 20.4. The second-order valence-corrected chi connectivity index (χ2v) is 8.94. The standard InChI is InChI=1S/C25H43N3OS/c1-4-7-9-11-16-20-26-25(30-22-6-3)28(21-17-12-10-8-5-2)24(29)27-23-18-14-13-15-19-23/h13-15,18-19H,4-12,16-17,20-22H2,1-3H3,(H,27,29)/p+1. The molecule has 0 spiro atoms. The van der Waals surface area contributed by atoms with Gasteiger partial charge < -0.3 is 0 Å². The first kappa shape index (κ1) is 26.5. The maximum atomic E-state index is 13.2. The van der Waals surface area contributed by atoms with Gasteiger partial charge in [-0.05, 0) is 56.0 Å². The third-order valence-corrected chi connectivity index (χ3v) is 6.25. The van der Waals surface area contributed by atoms with E-state index in [2.05, 4.69) is 31.1 Å². The molecule has 0 fully saturated rings. The number of nitrogens with one attached hydrogen (secondary N) is 2. The molecule has 4 nitrogen and oxygen atoms in total. The average molecular weight is 435 g/mol. The summed E-state index contributed by atoms with van der Waals surface area (Å²) in [4.78, 5) is 18.7. The smallest absolute Gasteiger partial charge is 0.288 e. The van der Waals surface area contributed by atoms with Gasteiger partial charge in [-0.1, -0.05) is 77.5 Å². The Morgan fingerprint density at radius 2 is 1.50 bits per heavy atom. The van der Waals surface area contributed by atoms with E-state index in [4.69, 9.17) is 0 Å². The first-order valence-corrected chi connectivity index (χ1v) is 13.1. The van der Waals surface area contributed by atoms with Crippen LogP contribution in [0.2, 0.25) is 0 Å². The van der Waals surface area contributed by atoms with E-state index in [-0.39, 0.29) is 6.03 Å². The average Bonchev–Trinajstić information content (AvgIpc) is 2.76. The van der Waals surface area contributed by atoms with Gasteiger partial charge in [-0.2, -0.15) is 4.90 Å². The van der Waals surface area contributed by atoms with Crippen molar-refractivity contribution in [3.63, 3.8) is 0 Å². The monoisotopic (exact) mass is 434 g/mol. The molecule has 0 aromatic heterocycles. The zero-order valence-electron chi connectivity index (χ0n) is 19.5. The third-order valence-electron chi connectivity index (χ3n) is 5.00. The Hall–Kier alpha value is -1.49. The Balaban J connectivity index is 2.80. The highest BCUT2D eigenvalue weighted by Gasteiger charge is 2.27. The molecule has 1 rings (SSSR count). The molecule has 0 atom stereocenters. The number of amides is 2. The molecule has 0 radical (unpaired) electrons. The Labute approximate surface area is 189 Å². The normalized spacial score (nSPS) is 11.5. The summed E-state index contributed by atoms with van der Waals surface area (Å²) < 4.78 is 0. The molecular formula is C25H44N3OS+. The minimum Gasteiger partial charge on any atom is -0.288 e. The van der Waals surface area contributed by atoms with Gasteiger partial charge in [0.05, 0.1) is 13.1 Å². The molecule has 1 aromatic rings. The van der Waals surface area contributed by atoms with Crippen molar-refractivity contribution in [3.05, 3.63) is 30.3 Å². The molecule has 0 bridgehead atoms. The van der Waals surface area contributed by atoms with E-state index in [1.807, 2.05) is 35.2 Å². The summed E-state index contributed by atoms with van der Waals surface area (Å²) in [6.45, 7) is 8.36. The number of hydrogen-bond donors (Lipinski definition) is 2. The van der Waals surface area contributed by atoms with Crippen LogP contribution in [0.25, 0.3) is 0 Å². The van der Waals surface area contributed by atoms with Crippen molar-refractivity contribution in [2.45, 2.75) is 91.4 Å². The number of anilines is 1. The van der Waals surface area contributed by atoms with Gasteiger partial charge in [-0.15, -0.1) is 0 Å². The first-order valence-electron chi connectivity index (χ1n) is 12.1. The molecule has 170 valence electrons. The summed E-state index contributed by atoms with van der Waals surface area (Å²) in [5.41, 5.74) is 0.845. The number of carbonyl (C=O) groups excluding carboxylic acids is 1. The van der Waals surface area contributed by atoms with Gasteiger partial charge in [0.1, 0.15) is 0 Å². The van der Waals surface area contributed by atoms with Gasteiger partial charge >= 0.3 is 11.2 Å². The fourth-order valence-electron chi connectivity index (χ4n) is 3.23. The van der Waals surface area contributed by atoms with Crippen molar-refractivity contribution < 1.29 is 9.79 Å². The number of amidine groups is 1. The number of benzene rings is 1. The molecule has 30 heavy (non-hydrogen) atoms. The number of unbranched alkanes of at least 4 members (excludes halogenated alkanes) is 8. The highest BCUT2D eigenvalue weighted by molar-refractivity contribution is 8.13. The lowest BCUT2D eigenvalue weighted by Crippen LogP contribution is -2.76. The minimum atomic E-state index is -0.0335. The fraction of sp³-hybridized carbons (Fsp3) is 0.680. The van der Waals surface area contributed by atoms with Crippen molar-refractivity contribution in [2.24, 2.45) is 0 Å². The van der Waals surface area contributed by atoms with E-state index >= 15 is 0 Å². The lowest BCUT2D eigenvalue weighted by molar-refractivity contribution is -0.459. The summed E-state index contributed by atoms with van der Waals surface area (Å²) in [6.07, 6.45) is 13.3. The van der Waals surface area contributed by atoms with Crippen LogP contribution in [-0.2, 0) is 0 Å². The number of carbonyl (C=O) groups is 1. The lowest BCUT2D eigenvalue weighted by atomic mass is 10.1. The molecule has 0 unspecified atom stereocenters. The van der Waals surface area contributed by atoms with Gasteiger partial charge in [-0.3, -0.25) is 10.3 Å². The van der Waals surface area contributed by atoms with Crippen molar-refractivity contribution in [3.8, 4) is 0 Å². The van der Waals surface area contributed by atoms with Crippen LogP contribution in [0.4, 0.5) is 10.5 Å². The van der Waals surface area contributed by atoms with Crippen LogP contribution in [0.3, 0.4) is 0 Å². The van der Waals surface area contributed by atoms with Gasteiger partial charge in [0, 0.05) is 11.4 Å². The Bertz CT molecular complexity index is 577. The number of thioether (sulfide) groups is 1. The molecule has 0 aliphatic carbocycles. The van der Waals surface area contributed by atoms with Gasteiger partial charge in [-0.25, -0.2) is 4.79 Å². The van der Waals surface area contributed by atoms with Crippen LogP contribution in [0, 0.1) is 0 Å². The first-order chi connectivity index (χ1) is 14.7. The molecule has 1 aromatic carbocycles. The Morgan fingerprint density at radius 1 is 0.867 bits per heavy atom. The van der Waals surface area contributed by atoms with E-state index < -0.39 is 0 Å². The molecule has 0 aliphatic heterocycles. The van der Waals surface area contributed by atoms with Crippen LogP contribution in [0.15, 0.2) is 30.3 Å². The largest absolute Gasteiger partial charge is 0.413 e. The highest BCUT2D eigenvalue weighted by Crippen LogP contribution is 2.13. The van der Waals surface area contributed by atoms with E-state index in [1.165, 1.54) is 51.4 Å². The van der Waals surface area contributed by atoms with Gasteiger partial charge in [0.2, 0.25) is 0 Å². The van der Waals surface area contributed by atoms with Crippen LogP contribution in [0.5, 0.6) is 0 Å². The highest BCUT2D eigenvalue weighted by atomic mass is 32.2. The van der Waals surface area contributed by atoms with Crippen molar-refractivity contribution in [2.75, 3.05) is 24.2 Å². The Kier molecular flexibility index (Phi) is 16.2.